The lowest BCUT2D eigenvalue weighted by molar-refractivity contribution is -0.135. The van der Waals surface area contributed by atoms with Gasteiger partial charge in [-0.3, -0.25) is 9.59 Å². The van der Waals surface area contributed by atoms with Crippen LogP contribution in [0.4, 0.5) is 11.4 Å². The molecule has 0 aliphatic carbocycles. The van der Waals surface area contributed by atoms with E-state index in [4.69, 9.17) is 4.74 Å². The highest BCUT2D eigenvalue weighted by atomic mass is 16.5. The summed E-state index contributed by atoms with van der Waals surface area (Å²) in [5.74, 6) is -0.406. The summed E-state index contributed by atoms with van der Waals surface area (Å²) in [5, 5.41) is 23.6. The summed E-state index contributed by atoms with van der Waals surface area (Å²) in [5.41, 5.74) is 2.61. The molecule has 9 nitrogen and oxygen atoms in total. The Balaban J connectivity index is 1.25. The maximum absolute atomic E-state index is 12.8. The first-order valence-corrected chi connectivity index (χ1v) is 12.0. The van der Waals surface area contributed by atoms with Crippen molar-refractivity contribution >= 4 is 23.2 Å². The van der Waals surface area contributed by atoms with Crippen LogP contribution in [0.2, 0.25) is 0 Å². The number of nitrogens with zero attached hydrogens (tertiary/aromatic N) is 3. The molecule has 2 aromatic rings. The summed E-state index contributed by atoms with van der Waals surface area (Å²) in [6.45, 7) is 2.68. The van der Waals surface area contributed by atoms with Gasteiger partial charge in [0, 0.05) is 63.8 Å². The fraction of sp³-hybridized carbons (Fsp3) is 0.462. The van der Waals surface area contributed by atoms with Gasteiger partial charge in [-0.25, -0.2) is 0 Å². The Labute approximate surface area is 205 Å². The van der Waals surface area contributed by atoms with E-state index in [1.165, 1.54) is 0 Å². The number of aliphatic hydroxyl groups excluding tert-OH is 2. The largest absolute Gasteiger partial charge is 0.388 e. The van der Waals surface area contributed by atoms with Crippen LogP contribution in [0.25, 0.3) is 0 Å². The molecule has 0 spiro atoms. The van der Waals surface area contributed by atoms with Crippen LogP contribution in [-0.2, 0) is 9.53 Å². The quantitative estimate of drug-likeness (QED) is 0.534. The monoisotopic (exact) mass is 482 g/mol. The van der Waals surface area contributed by atoms with Crippen molar-refractivity contribution in [1.29, 1.82) is 0 Å². The van der Waals surface area contributed by atoms with Gasteiger partial charge in [0.15, 0.2) is 0 Å². The third-order valence-corrected chi connectivity index (χ3v) is 6.70. The Bertz CT molecular complexity index is 993. The van der Waals surface area contributed by atoms with E-state index in [2.05, 4.69) is 22.3 Å². The van der Waals surface area contributed by atoms with Crippen LogP contribution in [0.15, 0.2) is 54.6 Å². The van der Waals surface area contributed by atoms with Crippen LogP contribution in [0.1, 0.15) is 16.8 Å². The van der Waals surface area contributed by atoms with E-state index in [0.717, 1.165) is 24.5 Å². The summed E-state index contributed by atoms with van der Waals surface area (Å²) < 4.78 is 5.80. The second-order valence-electron chi connectivity index (χ2n) is 9.25. The van der Waals surface area contributed by atoms with E-state index in [9.17, 15) is 19.8 Å². The van der Waals surface area contributed by atoms with Crippen molar-refractivity contribution in [3.63, 3.8) is 0 Å². The van der Waals surface area contributed by atoms with E-state index >= 15 is 0 Å². The molecule has 9 heteroatoms. The number of aliphatic hydroxyl groups is 2. The van der Waals surface area contributed by atoms with Gasteiger partial charge in [0.1, 0.15) is 18.3 Å². The van der Waals surface area contributed by atoms with Crippen LogP contribution in [-0.4, -0.2) is 98.2 Å². The van der Waals surface area contributed by atoms with Gasteiger partial charge in [0.25, 0.3) is 5.91 Å². The number of rotatable bonds is 7. The zero-order valence-electron chi connectivity index (χ0n) is 20.2. The fourth-order valence-corrected chi connectivity index (χ4v) is 4.52. The van der Waals surface area contributed by atoms with Crippen LogP contribution >= 0.6 is 0 Å². The van der Waals surface area contributed by atoms with Crippen molar-refractivity contribution in [2.45, 2.75) is 30.8 Å². The molecule has 0 saturated carbocycles. The first-order valence-electron chi connectivity index (χ1n) is 12.0. The van der Waals surface area contributed by atoms with E-state index in [1.54, 1.807) is 17.0 Å². The van der Waals surface area contributed by atoms with Gasteiger partial charge in [-0.1, -0.05) is 18.2 Å². The molecule has 0 unspecified atom stereocenters. The standard InChI is InChI=1S/C26H34N4O5/c1-28(2)19-10-8-18(9-11-19)26(34)27-17-22-25(33)24(32)21(35-22)16-23(31)30-14-12-29(13-15-30)20-6-4-3-5-7-20/h3-11,21-22,24-25,32-33H,12-17H2,1-2H3,(H,27,34)/t21-,22-,24-,25+/m0/s1. The minimum Gasteiger partial charge on any atom is -0.388 e. The Morgan fingerprint density at radius 2 is 1.57 bits per heavy atom. The van der Waals surface area contributed by atoms with Crippen LogP contribution in [0.3, 0.4) is 0 Å². The Morgan fingerprint density at radius 3 is 2.20 bits per heavy atom. The third kappa shape index (κ3) is 5.93. The van der Waals surface area contributed by atoms with E-state index in [1.807, 2.05) is 49.3 Å². The molecule has 2 aliphatic heterocycles. The Morgan fingerprint density at radius 1 is 0.943 bits per heavy atom. The fourth-order valence-electron chi connectivity index (χ4n) is 4.52. The molecule has 2 amide bonds. The van der Waals surface area contributed by atoms with Gasteiger partial charge in [0.05, 0.1) is 12.5 Å². The SMILES string of the molecule is CN(C)c1ccc(C(=O)NC[C@@H]2O[C@@H](CC(=O)N3CCN(c4ccccc4)CC3)[C@H](O)[C@@H]2O)cc1. The molecule has 4 atom stereocenters. The lowest BCUT2D eigenvalue weighted by atomic mass is 10.0. The molecule has 0 aromatic heterocycles. The normalized spacial score (nSPS) is 24.3. The van der Waals surface area contributed by atoms with Gasteiger partial charge in [0.2, 0.25) is 5.91 Å². The Kier molecular flexibility index (Phi) is 7.90. The van der Waals surface area contributed by atoms with Crippen LogP contribution < -0.4 is 15.1 Å². The lowest BCUT2D eigenvalue weighted by Gasteiger charge is -2.36. The number of nitrogens with one attached hydrogen (secondary N) is 1. The second kappa shape index (κ2) is 11.1. The second-order valence-corrected chi connectivity index (χ2v) is 9.25. The molecule has 2 saturated heterocycles. The Hall–Kier alpha value is -3.14. The molecule has 35 heavy (non-hydrogen) atoms. The number of hydrogen-bond donors (Lipinski definition) is 3. The van der Waals surface area contributed by atoms with Crippen molar-refractivity contribution in [3.8, 4) is 0 Å². The van der Waals surface area contributed by atoms with Crippen molar-refractivity contribution in [1.82, 2.24) is 10.2 Å². The molecule has 4 rings (SSSR count). The molecule has 2 fully saturated rings. The van der Waals surface area contributed by atoms with Gasteiger partial charge in [-0.05, 0) is 36.4 Å². The van der Waals surface area contributed by atoms with E-state index in [0.29, 0.717) is 18.7 Å². The van der Waals surface area contributed by atoms with Gasteiger partial charge >= 0.3 is 0 Å². The van der Waals surface area contributed by atoms with Crippen molar-refractivity contribution < 1.29 is 24.5 Å². The highest BCUT2D eigenvalue weighted by molar-refractivity contribution is 5.94. The topological polar surface area (TPSA) is 106 Å². The molecule has 0 bridgehead atoms. The highest BCUT2D eigenvalue weighted by Crippen LogP contribution is 2.25. The predicted octanol–water partition coefficient (Wildman–Crippen LogP) is 0.711. The molecular weight excluding hydrogens is 448 g/mol. The molecular formula is C26H34N4O5. The third-order valence-electron chi connectivity index (χ3n) is 6.70. The average Bonchev–Trinajstić information content (AvgIpc) is 3.15. The number of carbonyl (C=O) groups excluding carboxylic acids is 2. The highest BCUT2D eigenvalue weighted by Gasteiger charge is 2.44. The maximum atomic E-state index is 12.8. The summed E-state index contributed by atoms with van der Waals surface area (Å²) in [7, 11) is 3.84. The van der Waals surface area contributed by atoms with Crippen LogP contribution in [0.5, 0.6) is 0 Å². The minimum atomic E-state index is -1.19. The summed E-state index contributed by atoms with van der Waals surface area (Å²) >= 11 is 0. The average molecular weight is 483 g/mol. The lowest BCUT2D eigenvalue weighted by Crippen LogP contribution is -2.49. The number of amides is 2. The van der Waals surface area contributed by atoms with Gasteiger partial charge in [-0.15, -0.1) is 0 Å². The number of para-hydroxylation sites is 1. The zero-order chi connectivity index (χ0) is 24.9. The molecule has 2 heterocycles. The summed E-state index contributed by atoms with van der Waals surface area (Å²) in [6, 6.07) is 17.2. The number of anilines is 2. The van der Waals surface area contributed by atoms with Crippen molar-refractivity contribution in [3.05, 3.63) is 60.2 Å². The number of ether oxygens (including phenoxy) is 1. The molecule has 0 radical (unpaired) electrons. The first-order chi connectivity index (χ1) is 16.8. The van der Waals surface area contributed by atoms with Gasteiger partial charge in [-0.2, -0.15) is 0 Å². The number of hydrogen-bond acceptors (Lipinski definition) is 7. The minimum absolute atomic E-state index is 0.0139. The maximum Gasteiger partial charge on any atom is 0.251 e. The van der Waals surface area contributed by atoms with E-state index < -0.39 is 24.4 Å². The smallest absolute Gasteiger partial charge is 0.251 e. The molecule has 188 valence electrons. The number of benzene rings is 2. The van der Waals surface area contributed by atoms with E-state index in [-0.39, 0.29) is 24.8 Å². The van der Waals surface area contributed by atoms with Crippen LogP contribution in [0, 0.1) is 0 Å². The number of carbonyl (C=O) groups is 2. The van der Waals surface area contributed by atoms with Crippen molar-refractivity contribution in [2.75, 3.05) is 56.6 Å². The predicted molar refractivity (Wildman–Crippen MR) is 134 cm³/mol. The summed E-state index contributed by atoms with van der Waals surface area (Å²) in [4.78, 5) is 31.3. The van der Waals surface area contributed by atoms with Crippen molar-refractivity contribution in [2.24, 2.45) is 0 Å². The molecule has 3 N–H and O–H groups in total. The zero-order valence-corrected chi connectivity index (χ0v) is 20.2. The first kappa shape index (κ1) is 25.0. The van der Waals surface area contributed by atoms with Gasteiger partial charge < -0.3 is 35.0 Å². The number of piperazine rings is 1. The molecule has 2 aliphatic rings. The molecule has 2 aromatic carbocycles. The summed E-state index contributed by atoms with van der Waals surface area (Å²) in [6.07, 6.45) is -3.99.